The van der Waals surface area contributed by atoms with Gasteiger partial charge in [-0.2, -0.15) is 4.98 Å². The summed E-state index contributed by atoms with van der Waals surface area (Å²) >= 11 is 0. The van der Waals surface area contributed by atoms with E-state index >= 15 is 0 Å². The van der Waals surface area contributed by atoms with Crippen molar-refractivity contribution in [1.29, 1.82) is 0 Å². The Balaban J connectivity index is 1.28. The highest BCUT2D eigenvalue weighted by Crippen LogP contribution is 2.34. The van der Waals surface area contributed by atoms with Crippen molar-refractivity contribution in [3.8, 4) is 17.1 Å². The normalized spacial score (nSPS) is 23.3. The van der Waals surface area contributed by atoms with E-state index in [0.717, 1.165) is 50.2 Å². The number of H-pyrrole nitrogens is 1. The largest absolute Gasteiger partial charge is 0.497 e. The van der Waals surface area contributed by atoms with E-state index in [-0.39, 0.29) is 17.9 Å². The number of aromatic amines is 1. The molecule has 9 nitrogen and oxygen atoms in total. The fourth-order valence-corrected chi connectivity index (χ4v) is 5.31. The summed E-state index contributed by atoms with van der Waals surface area (Å²) in [6.45, 7) is 3.75. The van der Waals surface area contributed by atoms with Crippen LogP contribution in [-0.2, 0) is 11.3 Å². The quantitative estimate of drug-likeness (QED) is 0.527. The maximum Gasteiger partial charge on any atom is 0.324 e. The Bertz CT molecular complexity index is 1080. The molecule has 2 saturated heterocycles. The number of amides is 1. The Labute approximate surface area is 199 Å². The lowest BCUT2D eigenvalue weighted by Crippen LogP contribution is -2.47. The minimum Gasteiger partial charge on any atom is -0.497 e. The van der Waals surface area contributed by atoms with Crippen LogP contribution in [0.25, 0.3) is 11.4 Å². The van der Waals surface area contributed by atoms with E-state index < -0.39 is 0 Å². The predicted molar refractivity (Wildman–Crippen MR) is 128 cm³/mol. The van der Waals surface area contributed by atoms with Crippen molar-refractivity contribution in [3.05, 3.63) is 48.3 Å². The highest BCUT2D eigenvalue weighted by molar-refractivity contribution is 5.77. The Kier molecular flexibility index (Phi) is 6.53. The molecular weight excluding hydrogens is 432 g/mol. The molecule has 3 N–H and O–H groups in total. The van der Waals surface area contributed by atoms with Gasteiger partial charge in [-0.25, -0.2) is 0 Å². The molecule has 2 aliphatic heterocycles. The minimum absolute atomic E-state index is 0.110. The monoisotopic (exact) mass is 464 g/mol. The second-order valence-corrected chi connectivity index (χ2v) is 9.42. The zero-order valence-corrected chi connectivity index (χ0v) is 19.5. The molecule has 5 rings (SSSR count). The molecule has 0 spiro atoms. The number of carbonyl (C=O) groups is 1. The number of nitrogens with zero attached hydrogens (tertiary/aromatic N) is 4. The van der Waals surface area contributed by atoms with Crippen molar-refractivity contribution < 1.29 is 14.1 Å². The summed E-state index contributed by atoms with van der Waals surface area (Å²) in [7, 11) is 1.64. The third-order valence-corrected chi connectivity index (χ3v) is 7.16. The highest BCUT2D eigenvalue weighted by atomic mass is 16.5. The fraction of sp³-hybridized carbons (Fsp3) is 0.480. The topological polar surface area (TPSA) is 114 Å². The van der Waals surface area contributed by atoms with Gasteiger partial charge in [0.1, 0.15) is 5.75 Å². The first-order chi connectivity index (χ1) is 16.6. The summed E-state index contributed by atoms with van der Waals surface area (Å²) < 4.78 is 10.9. The van der Waals surface area contributed by atoms with E-state index in [1.165, 1.54) is 5.69 Å². The van der Waals surface area contributed by atoms with Crippen LogP contribution in [0.3, 0.4) is 0 Å². The Morgan fingerprint density at radius 3 is 2.82 bits per heavy atom. The third-order valence-electron chi connectivity index (χ3n) is 7.16. The van der Waals surface area contributed by atoms with Gasteiger partial charge in [-0.15, -0.1) is 0 Å². The number of benzene rings is 1. The number of hydrogen-bond acceptors (Lipinski definition) is 7. The lowest BCUT2D eigenvalue weighted by atomic mass is 9.85. The van der Waals surface area contributed by atoms with Crippen molar-refractivity contribution >= 4 is 11.9 Å². The van der Waals surface area contributed by atoms with E-state index in [2.05, 4.69) is 26.0 Å². The van der Waals surface area contributed by atoms with Crippen molar-refractivity contribution in [2.45, 2.75) is 38.3 Å². The van der Waals surface area contributed by atoms with Crippen LogP contribution in [0.1, 0.15) is 31.4 Å². The number of hydrogen-bond donors (Lipinski definition) is 2. The minimum atomic E-state index is -0.214. The Morgan fingerprint density at radius 1 is 1.24 bits per heavy atom. The molecule has 3 unspecified atom stereocenters. The number of methoxy groups -OCH3 is 1. The summed E-state index contributed by atoms with van der Waals surface area (Å²) in [6, 6.07) is 12.4. The van der Waals surface area contributed by atoms with E-state index in [1.54, 1.807) is 7.11 Å². The van der Waals surface area contributed by atoms with E-state index in [4.69, 9.17) is 20.0 Å². The zero-order valence-electron chi connectivity index (χ0n) is 19.5. The van der Waals surface area contributed by atoms with E-state index in [1.807, 2.05) is 36.5 Å². The van der Waals surface area contributed by atoms with Gasteiger partial charge in [-0.05, 0) is 74.5 Å². The van der Waals surface area contributed by atoms with Crippen LogP contribution in [0.4, 0.5) is 6.01 Å². The van der Waals surface area contributed by atoms with Crippen LogP contribution in [0.5, 0.6) is 5.75 Å². The molecule has 0 radical (unpaired) electrons. The number of nitrogens with one attached hydrogen (secondary N) is 1. The maximum atomic E-state index is 12.0. The average Bonchev–Trinajstić information content (AvgIpc) is 3.62. The summed E-state index contributed by atoms with van der Waals surface area (Å²) in [5.41, 5.74) is 7.80. The summed E-state index contributed by atoms with van der Waals surface area (Å²) in [5, 5.41) is 4.22. The van der Waals surface area contributed by atoms with Gasteiger partial charge in [-0.1, -0.05) is 5.16 Å². The number of piperidine rings is 1. The van der Waals surface area contributed by atoms with Gasteiger partial charge in [0.15, 0.2) is 0 Å². The van der Waals surface area contributed by atoms with Gasteiger partial charge in [-0.3, -0.25) is 9.69 Å². The molecule has 0 aliphatic carbocycles. The molecule has 2 fully saturated rings. The summed E-state index contributed by atoms with van der Waals surface area (Å²) in [6.07, 6.45) is 5.52. The summed E-state index contributed by atoms with van der Waals surface area (Å²) in [4.78, 5) is 24.6. The van der Waals surface area contributed by atoms with Gasteiger partial charge in [0.25, 0.3) is 0 Å². The molecule has 9 heteroatoms. The van der Waals surface area contributed by atoms with Crippen molar-refractivity contribution in [1.82, 2.24) is 20.0 Å². The van der Waals surface area contributed by atoms with E-state index in [9.17, 15) is 4.79 Å². The lowest BCUT2D eigenvalue weighted by molar-refractivity contribution is -0.122. The number of ether oxygens (including phenoxy) is 1. The van der Waals surface area contributed by atoms with Gasteiger partial charge < -0.3 is 24.9 Å². The Morgan fingerprint density at radius 2 is 2.09 bits per heavy atom. The molecule has 2 aromatic heterocycles. The molecule has 4 heterocycles. The molecule has 2 aliphatic rings. The SMILES string of the molecule is COc1ccc(-c2noc(N3CCC(C(N)=O)CC3CC3CCN(Cc4ccc[nH]4)C3)n2)cc1. The van der Waals surface area contributed by atoms with Crippen LogP contribution >= 0.6 is 0 Å². The van der Waals surface area contributed by atoms with E-state index in [0.29, 0.717) is 30.7 Å². The Hall–Kier alpha value is -3.33. The van der Waals surface area contributed by atoms with Gasteiger partial charge in [0, 0.05) is 49.0 Å². The zero-order chi connectivity index (χ0) is 23.5. The second kappa shape index (κ2) is 9.89. The summed E-state index contributed by atoms with van der Waals surface area (Å²) in [5.74, 6) is 1.56. The average molecular weight is 465 g/mol. The molecule has 34 heavy (non-hydrogen) atoms. The van der Waals surface area contributed by atoms with Crippen LogP contribution in [-0.4, -0.2) is 58.7 Å². The van der Waals surface area contributed by atoms with Crippen LogP contribution in [0, 0.1) is 11.8 Å². The molecule has 1 aromatic carbocycles. The molecule has 1 amide bonds. The number of nitrogens with two attached hydrogens (primary N) is 1. The highest BCUT2D eigenvalue weighted by Gasteiger charge is 2.36. The molecule has 3 atom stereocenters. The fourth-order valence-electron chi connectivity index (χ4n) is 5.31. The number of rotatable bonds is 8. The van der Waals surface area contributed by atoms with Gasteiger partial charge in [0.05, 0.1) is 7.11 Å². The van der Waals surface area contributed by atoms with Crippen LogP contribution in [0.2, 0.25) is 0 Å². The lowest BCUT2D eigenvalue weighted by Gasteiger charge is -2.38. The molecule has 3 aromatic rings. The second-order valence-electron chi connectivity index (χ2n) is 9.42. The number of anilines is 1. The smallest absolute Gasteiger partial charge is 0.324 e. The first kappa shape index (κ1) is 22.5. The van der Waals surface area contributed by atoms with Crippen molar-refractivity contribution in [2.24, 2.45) is 17.6 Å². The third kappa shape index (κ3) is 4.94. The van der Waals surface area contributed by atoms with Crippen LogP contribution < -0.4 is 15.4 Å². The van der Waals surface area contributed by atoms with Gasteiger partial charge >= 0.3 is 6.01 Å². The number of primary amides is 1. The first-order valence-electron chi connectivity index (χ1n) is 12.0. The first-order valence-corrected chi connectivity index (χ1v) is 12.0. The maximum absolute atomic E-state index is 12.0. The van der Waals surface area contributed by atoms with Crippen LogP contribution in [0.15, 0.2) is 47.1 Å². The molecular formula is C25H32N6O3. The molecule has 180 valence electrons. The predicted octanol–water partition coefficient (Wildman–Crippen LogP) is 3.06. The number of aromatic nitrogens is 3. The van der Waals surface area contributed by atoms with Crippen molar-refractivity contribution in [3.63, 3.8) is 0 Å². The standard InChI is InChI=1S/C25H32N6O3/c1-33-22-6-4-18(5-7-22)24-28-25(34-29-24)31-12-9-19(23(26)32)14-21(31)13-17-8-11-30(15-17)16-20-3-2-10-27-20/h2-7,10,17,19,21,27H,8-9,11-16H2,1H3,(H2,26,32). The number of likely N-dealkylation sites (tertiary alicyclic amines) is 1. The van der Waals surface area contributed by atoms with Crippen molar-refractivity contribution in [2.75, 3.05) is 31.6 Å². The van der Waals surface area contributed by atoms with Gasteiger partial charge in [0.2, 0.25) is 11.7 Å². The molecule has 0 saturated carbocycles. The number of carbonyl (C=O) groups excluding carboxylic acids is 1. The molecule has 0 bridgehead atoms.